The average Bonchev–Trinajstić information content (AvgIpc) is 2.89. The van der Waals surface area contributed by atoms with E-state index in [1.807, 2.05) is 24.4 Å². The molecule has 1 amide bonds. The lowest BCUT2D eigenvalue weighted by Crippen LogP contribution is -2.45. The minimum Gasteiger partial charge on any atom is -0.389 e. The zero-order chi connectivity index (χ0) is 14.1. The second kappa shape index (κ2) is 9.03. The molecule has 0 aromatic carbocycles. The van der Waals surface area contributed by atoms with Crippen molar-refractivity contribution < 1.29 is 14.6 Å². The van der Waals surface area contributed by atoms with Crippen molar-refractivity contribution in [3.05, 3.63) is 22.4 Å². The minimum atomic E-state index is -0.614. The molecule has 6 heteroatoms. The van der Waals surface area contributed by atoms with Gasteiger partial charge in [0, 0.05) is 18.0 Å². The Kier molecular flexibility index (Phi) is 7.66. The van der Waals surface area contributed by atoms with Crippen molar-refractivity contribution >= 4 is 17.2 Å². The Balaban J connectivity index is 2.10. The summed E-state index contributed by atoms with van der Waals surface area (Å²) in [6, 6.07) is 3.65. The molecule has 2 atom stereocenters. The molecule has 0 spiro atoms. The smallest absolute Gasteiger partial charge is 0.236 e. The second-order valence-electron chi connectivity index (χ2n) is 4.27. The highest BCUT2D eigenvalue weighted by molar-refractivity contribution is 7.09. The van der Waals surface area contributed by atoms with Gasteiger partial charge in [-0.3, -0.25) is 4.79 Å². The molecule has 0 aliphatic heterocycles. The lowest BCUT2D eigenvalue weighted by atomic mass is 10.3. The number of aliphatic hydroxyl groups is 1. The van der Waals surface area contributed by atoms with Gasteiger partial charge >= 0.3 is 0 Å². The molecule has 1 aromatic rings. The number of amides is 1. The van der Waals surface area contributed by atoms with Crippen molar-refractivity contribution in [1.29, 1.82) is 0 Å². The number of nitrogens with one attached hydrogen (secondary N) is 2. The van der Waals surface area contributed by atoms with Crippen LogP contribution < -0.4 is 10.6 Å². The number of likely N-dealkylation sites (N-methyl/N-ethyl adjacent to an activating group) is 1. The number of carbonyl (C=O) groups is 1. The van der Waals surface area contributed by atoms with Gasteiger partial charge in [0.1, 0.15) is 0 Å². The van der Waals surface area contributed by atoms with Crippen molar-refractivity contribution in [2.45, 2.75) is 32.6 Å². The van der Waals surface area contributed by atoms with Crippen LogP contribution in [0.2, 0.25) is 0 Å². The van der Waals surface area contributed by atoms with Gasteiger partial charge in [-0.25, -0.2) is 0 Å². The van der Waals surface area contributed by atoms with Gasteiger partial charge in [-0.15, -0.1) is 11.3 Å². The molecule has 5 nitrogen and oxygen atoms in total. The van der Waals surface area contributed by atoms with E-state index in [-0.39, 0.29) is 18.6 Å². The van der Waals surface area contributed by atoms with Crippen LogP contribution in [0, 0.1) is 0 Å². The summed E-state index contributed by atoms with van der Waals surface area (Å²) in [6.45, 7) is 5.36. The van der Waals surface area contributed by atoms with Crippen molar-refractivity contribution in [2.75, 3.05) is 19.7 Å². The number of ether oxygens (including phenoxy) is 1. The molecule has 0 aliphatic carbocycles. The monoisotopic (exact) mass is 286 g/mol. The topological polar surface area (TPSA) is 70.6 Å². The van der Waals surface area contributed by atoms with Crippen LogP contribution in [0.4, 0.5) is 0 Å². The molecule has 108 valence electrons. The maximum absolute atomic E-state index is 11.4. The van der Waals surface area contributed by atoms with Crippen molar-refractivity contribution in [2.24, 2.45) is 0 Å². The molecule has 0 bridgehead atoms. The van der Waals surface area contributed by atoms with Crippen LogP contribution in [-0.2, 0) is 16.1 Å². The average molecular weight is 286 g/mol. The van der Waals surface area contributed by atoms with Crippen molar-refractivity contribution in [3.63, 3.8) is 0 Å². The molecule has 2 unspecified atom stereocenters. The predicted molar refractivity (Wildman–Crippen MR) is 76.1 cm³/mol. The number of hydrogen-bond donors (Lipinski definition) is 3. The summed E-state index contributed by atoms with van der Waals surface area (Å²) in [4.78, 5) is 12.6. The Morgan fingerprint density at radius 2 is 2.37 bits per heavy atom. The fourth-order valence-corrected chi connectivity index (χ4v) is 2.12. The summed E-state index contributed by atoms with van der Waals surface area (Å²) in [5.74, 6) is -0.0609. The second-order valence-corrected chi connectivity index (χ2v) is 5.31. The number of rotatable bonds is 9. The molecular formula is C13H22N2O3S. The van der Waals surface area contributed by atoms with Gasteiger partial charge in [0.25, 0.3) is 0 Å². The summed E-state index contributed by atoms with van der Waals surface area (Å²) in [5, 5.41) is 17.4. The lowest BCUT2D eigenvalue weighted by Gasteiger charge is -2.16. The standard InChI is InChI=1S/C13H22N2O3S/c1-3-14-13(17)10(2)15-7-11(16)8-18-9-12-5-4-6-19-12/h4-6,10-11,15-16H,3,7-9H2,1-2H3,(H,14,17). The first-order valence-electron chi connectivity index (χ1n) is 6.42. The predicted octanol–water partition coefficient (Wildman–Crippen LogP) is 0.740. The fraction of sp³-hybridized carbons (Fsp3) is 0.615. The largest absolute Gasteiger partial charge is 0.389 e. The van der Waals surface area contributed by atoms with Gasteiger partial charge in [-0.2, -0.15) is 0 Å². The van der Waals surface area contributed by atoms with E-state index >= 15 is 0 Å². The van der Waals surface area contributed by atoms with Gasteiger partial charge in [-0.05, 0) is 25.3 Å². The Morgan fingerprint density at radius 3 is 3.00 bits per heavy atom. The Labute approximate surface area is 118 Å². The summed E-state index contributed by atoms with van der Waals surface area (Å²) < 4.78 is 5.40. The molecule has 1 aromatic heterocycles. The highest BCUT2D eigenvalue weighted by Crippen LogP contribution is 2.09. The van der Waals surface area contributed by atoms with Gasteiger partial charge < -0.3 is 20.5 Å². The normalized spacial score (nSPS) is 14.1. The zero-order valence-electron chi connectivity index (χ0n) is 11.4. The maximum Gasteiger partial charge on any atom is 0.236 e. The first kappa shape index (κ1) is 16.1. The lowest BCUT2D eigenvalue weighted by molar-refractivity contribution is -0.122. The van der Waals surface area contributed by atoms with E-state index in [4.69, 9.17) is 4.74 Å². The van der Waals surface area contributed by atoms with E-state index in [2.05, 4.69) is 10.6 Å². The number of thiophene rings is 1. The quantitative estimate of drug-likeness (QED) is 0.626. The number of carbonyl (C=O) groups excluding carboxylic acids is 1. The van der Waals surface area contributed by atoms with Gasteiger partial charge in [-0.1, -0.05) is 6.07 Å². The van der Waals surface area contributed by atoms with Crippen LogP contribution in [0.5, 0.6) is 0 Å². The Hall–Kier alpha value is -0.950. The zero-order valence-corrected chi connectivity index (χ0v) is 12.2. The summed E-state index contributed by atoms with van der Waals surface area (Å²) in [7, 11) is 0. The van der Waals surface area contributed by atoms with Crippen LogP contribution >= 0.6 is 11.3 Å². The van der Waals surface area contributed by atoms with Crippen LogP contribution in [0.3, 0.4) is 0 Å². The van der Waals surface area contributed by atoms with Crippen LogP contribution in [0.1, 0.15) is 18.7 Å². The Morgan fingerprint density at radius 1 is 1.58 bits per heavy atom. The molecule has 0 fully saturated rings. The van der Waals surface area contributed by atoms with Gasteiger partial charge in [0.15, 0.2) is 0 Å². The number of aliphatic hydroxyl groups excluding tert-OH is 1. The van der Waals surface area contributed by atoms with E-state index in [0.29, 0.717) is 19.7 Å². The summed E-state index contributed by atoms with van der Waals surface area (Å²) in [5.41, 5.74) is 0. The molecule has 0 radical (unpaired) electrons. The molecular weight excluding hydrogens is 264 g/mol. The third-order valence-electron chi connectivity index (χ3n) is 2.54. The molecule has 1 rings (SSSR count). The highest BCUT2D eigenvalue weighted by Gasteiger charge is 2.13. The van der Waals surface area contributed by atoms with Crippen molar-refractivity contribution in [1.82, 2.24) is 10.6 Å². The highest BCUT2D eigenvalue weighted by atomic mass is 32.1. The van der Waals surface area contributed by atoms with E-state index in [0.717, 1.165) is 4.88 Å². The van der Waals surface area contributed by atoms with Crippen LogP contribution in [0.25, 0.3) is 0 Å². The summed E-state index contributed by atoms with van der Waals surface area (Å²) >= 11 is 1.63. The molecule has 19 heavy (non-hydrogen) atoms. The first-order valence-corrected chi connectivity index (χ1v) is 7.30. The molecule has 3 N–H and O–H groups in total. The van der Waals surface area contributed by atoms with E-state index < -0.39 is 6.10 Å². The van der Waals surface area contributed by atoms with Crippen LogP contribution in [-0.4, -0.2) is 42.9 Å². The third kappa shape index (κ3) is 6.68. The fourth-order valence-electron chi connectivity index (χ4n) is 1.48. The van der Waals surface area contributed by atoms with Gasteiger partial charge in [0.05, 0.1) is 25.4 Å². The summed E-state index contributed by atoms with van der Waals surface area (Å²) in [6.07, 6.45) is -0.614. The van der Waals surface area contributed by atoms with E-state index in [9.17, 15) is 9.90 Å². The molecule has 0 aliphatic rings. The van der Waals surface area contributed by atoms with E-state index in [1.165, 1.54) is 0 Å². The number of hydrogen-bond acceptors (Lipinski definition) is 5. The molecule has 0 saturated carbocycles. The van der Waals surface area contributed by atoms with Crippen molar-refractivity contribution in [3.8, 4) is 0 Å². The first-order chi connectivity index (χ1) is 9.13. The minimum absolute atomic E-state index is 0.0609. The molecule has 0 saturated heterocycles. The maximum atomic E-state index is 11.4. The molecule has 1 heterocycles. The third-order valence-corrected chi connectivity index (χ3v) is 3.39. The van der Waals surface area contributed by atoms with Gasteiger partial charge in [0.2, 0.25) is 5.91 Å². The SMILES string of the molecule is CCNC(=O)C(C)NCC(O)COCc1cccs1. The van der Waals surface area contributed by atoms with E-state index in [1.54, 1.807) is 18.3 Å². The Bertz CT molecular complexity index is 357. The van der Waals surface area contributed by atoms with Crippen LogP contribution in [0.15, 0.2) is 17.5 Å².